The highest BCUT2D eigenvalue weighted by Crippen LogP contribution is 2.37. The SMILES string of the molecule is C1CCNCC1.CC(C)(CO)C1OCC2(CO1)COC(C(C)(C)CO)OC2. The van der Waals surface area contributed by atoms with Crippen LogP contribution in [0.25, 0.3) is 0 Å². The third-order valence-electron chi connectivity index (χ3n) is 5.46. The molecule has 7 nitrogen and oxygen atoms in total. The van der Waals surface area contributed by atoms with E-state index in [2.05, 4.69) is 5.32 Å². The van der Waals surface area contributed by atoms with Crippen molar-refractivity contribution in [1.82, 2.24) is 5.32 Å². The molecule has 0 atom stereocenters. The molecule has 3 aliphatic rings. The molecule has 160 valence electrons. The van der Waals surface area contributed by atoms with Crippen molar-refractivity contribution in [3.05, 3.63) is 0 Å². The molecule has 3 aliphatic heterocycles. The zero-order valence-corrected chi connectivity index (χ0v) is 17.5. The molecular formula is C20H39NO6. The van der Waals surface area contributed by atoms with Gasteiger partial charge in [-0.3, -0.25) is 0 Å². The molecule has 0 aromatic carbocycles. The van der Waals surface area contributed by atoms with E-state index in [1.165, 1.54) is 32.4 Å². The molecule has 0 aliphatic carbocycles. The van der Waals surface area contributed by atoms with Crippen LogP contribution in [0.15, 0.2) is 0 Å². The molecule has 3 N–H and O–H groups in total. The first kappa shape index (κ1) is 23.0. The fourth-order valence-corrected chi connectivity index (χ4v) is 3.21. The summed E-state index contributed by atoms with van der Waals surface area (Å²) < 4.78 is 23.1. The number of aliphatic hydroxyl groups excluding tert-OH is 2. The molecule has 3 rings (SSSR count). The van der Waals surface area contributed by atoms with Gasteiger partial charge in [-0.25, -0.2) is 0 Å². The van der Waals surface area contributed by atoms with Crippen molar-refractivity contribution in [3.8, 4) is 0 Å². The Morgan fingerprint density at radius 3 is 1.33 bits per heavy atom. The van der Waals surface area contributed by atoms with Crippen molar-refractivity contribution in [1.29, 1.82) is 0 Å². The van der Waals surface area contributed by atoms with Gasteiger partial charge in [-0.1, -0.05) is 34.1 Å². The minimum absolute atomic E-state index is 0.00440. The number of rotatable bonds is 4. The molecule has 0 radical (unpaired) electrons. The van der Waals surface area contributed by atoms with Gasteiger partial charge in [0.1, 0.15) is 0 Å². The normalized spacial score (nSPS) is 32.7. The lowest BCUT2D eigenvalue weighted by molar-refractivity contribution is -0.337. The number of hydrogen-bond acceptors (Lipinski definition) is 7. The first-order valence-electron chi connectivity index (χ1n) is 10.1. The molecule has 0 aromatic rings. The van der Waals surface area contributed by atoms with Gasteiger partial charge < -0.3 is 34.5 Å². The van der Waals surface area contributed by atoms with Crippen molar-refractivity contribution in [2.24, 2.45) is 16.2 Å². The largest absolute Gasteiger partial charge is 0.396 e. The Bertz CT molecular complexity index is 373. The van der Waals surface area contributed by atoms with Crippen LogP contribution in [0.5, 0.6) is 0 Å². The monoisotopic (exact) mass is 389 g/mol. The molecule has 3 saturated heterocycles. The quantitative estimate of drug-likeness (QED) is 0.672. The highest BCUT2D eigenvalue weighted by atomic mass is 16.7. The molecule has 27 heavy (non-hydrogen) atoms. The Morgan fingerprint density at radius 2 is 1.11 bits per heavy atom. The predicted octanol–water partition coefficient (Wildman–Crippen LogP) is 1.52. The first-order chi connectivity index (χ1) is 12.7. The van der Waals surface area contributed by atoms with Gasteiger partial charge in [-0.05, 0) is 25.9 Å². The van der Waals surface area contributed by atoms with E-state index in [4.69, 9.17) is 18.9 Å². The Hall–Kier alpha value is -0.280. The number of ether oxygens (including phenoxy) is 4. The minimum Gasteiger partial charge on any atom is -0.396 e. The number of aliphatic hydroxyl groups is 2. The molecule has 3 fully saturated rings. The minimum atomic E-state index is -0.431. The summed E-state index contributed by atoms with van der Waals surface area (Å²) in [5, 5.41) is 22.0. The van der Waals surface area contributed by atoms with Crippen molar-refractivity contribution in [2.75, 3.05) is 52.7 Å². The van der Waals surface area contributed by atoms with Gasteiger partial charge >= 0.3 is 0 Å². The van der Waals surface area contributed by atoms with Crippen molar-refractivity contribution in [3.63, 3.8) is 0 Å². The zero-order valence-electron chi connectivity index (χ0n) is 17.5. The summed E-state index contributed by atoms with van der Waals surface area (Å²) in [5.74, 6) is 0. The summed E-state index contributed by atoms with van der Waals surface area (Å²) in [5.41, 5.74) is -1.16. The van der Waals surface area contributed by atoms with Crippen LogP contribution in [-0.2, 0) is 18.9 Å². The summed E-state index contributed by atoms with van der Waals surface area (Å²) in [4.78, 5) is 0. The van der Waals surface area contributed by atoms with Gasteiger partial charge in [0.15, 0.2) is 12.6 Å². The second kappa shape index (κ2) is 9.96. The van der Waals surface area contributed by atoms with Crippen LogP contribution in [0.1, 0.15) is 47.0 Å². The molecule has 0 unspecified atom stereocenters. The summed E-state index contributed by atoms with van der Waals surface area (Å²) in [6.07, 6.45) is 3.38. The van der Waals surface area contributed by atoms with Crippen molar-refractivity contribution >= 4 is 0 Å². The number of piperidine rings is 1. The van der Waals surface area contributed by atoms with Gasteiger partial charge in [0.2, 0.25) is 0 Å². The van der Waals surface area contributed by atoms with E-state index >= 15 is 0 Å². The molecule has 0 saturated carbocycles. The van der Waals surface area contributed by atoms with E-state index in [0.717, 1.165) is 0 Å². The number of nitrogens with one attached hydrogen (secondary N) is 1. The van der Waals surface area contributed by atoms with E-state index < -0.39 is 23.4 Å². The van der Waals surface area contributed by atoms with E-state index in [0.29, 0.717) is 26.4 Å². The highest BCUT2D eigenvalue weighted by Gasteiger charge is 2.47. The second-order valence-electron chi connectivity index (χ2n) is 9.51. The fraction of sp³-hybridized carbons (Fsp3) is 1.00. The molecular weight excluding hydrogens is 350 g/mol. The van der Waals surface area contributed by atoms with Gasteiger partial charge in [0.05, 0.1) is 45.1 Å². The summed E-state index contributed by atoms with van der Waals surface area (Å²) >= 11 is 0. The van der Waals surface area contributed by atoms with Crippen LogP contribution in [-0.4, -0.2) is 75.5 Å². The zero-order chi connectivity index (χ0) is 20.0. The molecule has 7 heteroatoms. The topological polar surface area (TPSA) is 89.4 Å². The lowest BCUT2D eigenvalue weighted by Crippen LogP contribution is -2.56. The third-order valence-corrected chi connectivity index (χ3v) is 5.46. The highest BCUT2D eigenvalue weighted by molar-refractivity contribution is 4.88. The van der Waals surface area contributed by atoms with Crippen LogP contribution >= 0.6 is 0 Å². The average molecular weight is 390 g/mol. The Morgan fingerprint density at radius 1 is 0.741 bits per heavy atom. The van der Waals surface area contributed by atoms with Crippen molar-refractivity contribution < 1.29 is 29.2 Å². The molecule has 0 bridgehead atoms. The maximum absolute atomic E-state index is 9.37. The third kappa shape index (κ3) is 6.35. The molecule has 0 aromatic heterocycles. The van der Waals surface area contributed by atoms with Crippen molar-refractivity contribution in [2.45, 2.75) is 59.5 Å². The van der Waals surface area contributed by atoms with Crippen LogP contribution in [0.2, 0.25) is 0 Å². The molecule has 3 heterocycles. The van der Waals surface area contributed by atoms with Crippen LogP contribution in [0.3, 0.4) is 0 Å². The maximum atomic E-state index is 9.37. The molecule has 1 spiro atoms. The van der Waals surface area contributed by atoms with E-state index in [9.17, 15) is 10.2 Å². The first-order valence-corrected chi connectivity index (χ1v) is 10.1. The lowest BCUT2D eigenvalue weighted by atomic mass is 9.86. The van der Waals surface area contributed by atoms with Crippen LogP contribution in [0, 0.1) is 16.2 Å². The van der Waals surface area contributed by atoms with Crippen LogP contribution in [0.4, 0.5) is 0 Å². The maximum Gasteiger partial charge on any atom is 0.164 e. The standard InChI is InChI=1S/C15H28O6.C5H11N/c1-13(2,5-16)11-18-7-15(8-19-11)9-20-12(21-10-15)14(3,4)6-17;1-2-4-6-5-3-1/h11-12,16-17H,5-10H2,1-4H3;6H,1-5H2. The Kier molecular flexibility index (Phi) is 8.49. The predicted molar refractivity (Wildman–Crippen MR) is 102 cm³/mol. The van der Waals surface area contributed by atoms with E-state index in [-0.39, 0.29) is 18.6 Å². The van der Waals surface area contributed by atoms with E-state index in [1.54, 1.807) is 0 Å². The van der Waals surface area contributed by atoms with Gasteiger partial charge in [0.25, 0.3) is 0 Å². The Balaban J connectivity index is 0.000000369. The van der Waals surface area contributed by atoms with Gasteiger partial charge in [0, 0.05) is 10.8 Å². The second-order valence-corrected chi connectivity index (χ2v) is 9.51. The summed E-state index contributed by atoms with van der Waals surface area (Å²) in [7, 11) is 0. The summed E-state index contributed by atoms with van der Waals surface area (Å²) in [6, 6.07) is 0. The van der Waals surface area contributed by atoms with Gasteiger partial charge in [-0.15, -0.1) is 0 Å². The fourth-order valence-electron chi connectivity index (χ4n) is 3.21. The smallest absolute Gasteiger partial charge is 0.164 e. The average Bonchev–Trinajstić information content (AvgIpc) is 2.70. The molecule has 0 amide bonds. The summed E-state index contributed by atoms with van der Waals surface area (Å²) in [6.45, 7) is 12.1. The Labute approximate surface area is 163 Å². The van der Waals surface area contributed by atoms with Gasteiger partial charge in [-0.2, -0.15) is 0 Å². The van der Waals surface area contributed by atoms with E-state index in [1.807, 2.05) is 27.7 Å². The lowest BCUT2D eigenvalue weighted by Gasteiger charge is -2.48. The van der Waals surface area contributed by atoms with Crippen LogP contribution < -0.4 is 5.32 Å². The number of hydrogen-bond donors (Lipinski definition) is 3.